The van der Waals surface area contributed by atoms with Crippen LogP contribution in [0.3, 0.4) is 0 Å². The number of nitrogens with one attached hydrogen (secondary N) is 1. The van der Waals surface area contributed by atoms with Crippen molar-refractivity contribution >= 4 is 57.1 Å². The molecule has 1 aliphatic heterocycles. The number of benzene rings is 3. The molecule has 1 saturated heterocycles. The first-order chi connectivity index (χ1) is 16.2. The predicted octanol–water partition coefficient (Wildman–Crippen LogP) is 5.63. The van der Waals surface area contributed by atoms with Gasteiger partial charge in [-0.15, -0.1) is 0 Å². The molecule has 1 N–H and O–H groups in total. The molecule has 0 aromatic heterocycles. The van der Waals surface area contributed by atoms with Crippen molar-refractivity contribution in [2.75, 3.05) is 4.90 Å². The van der Waals surface area contributed by atoms with Gasteiger partial charge in [0, 0.05) is 0 Å². The van der Waals surface area contributed by atoms with E-state index in [2.05, 4.69) is 21.2 Å². The van der Waals surface area contributed by atoms with Gasteiger partial charge in [0.25, 0.3) is 11.8 Å². The van der Waals surface area contributed by atoms with E-state index in [0.29, 0.717) is 15.8 Å². The smallest absolute Gasteiger partial charge is 0.335 e. The van der Waals surface area contributed by atoms with Gasteiger partial charge in [-0.05, 0) is 81.7 Å². The first-order valence-corrected chi connectivity index (χ1v) is 10.9. The van der Waals surface area contributed by atoms with Crippen LogP contribution >= 0.6 is 27.5 Å². The third-order valence-electron chi connectivity index (χ3n) is 4.81. The number of hydrogen-bond donors (Lipinski definition) is 1. The summed E-state index contributed by atoms with van der Waals surface area (Å²) < 4.78 is 32.5. The number of barbiturate groups is 1. The standard InChI is InChI=1S/C24H14BrClF2N2O4/c25-19-10-14(11-20(26)21(19)34-12-13-1-3-15(27)4-2-13)9-18-22(31)29-24(33)30(23(18)32)17-7-5-16(28)6-8-17/h1-11H,12H2,(H,29,31,33)/b18-9+. The molecule has 3 aromatic carbocycles. The number of halogens is 4. The molecule has 10 heteroatoms. The molecule has 1 heterocycles. The number of carbonyl (C=O) groups excluding carboxylic acids is 3. The monoisotopic (exact) mass is 546 g/mol. The molecule has 34 heavy (non-hydrogen) atoms. The fraction of sp³-hybridized carbons (Fsp3) is 0.0417. The summed E-state index contributed by atoms with van der Waals surface area (Å²) in [7, 11) is 0. The summed E-state index contributed by atoms with van der Waals surface area (Å²) in [4.78, 5) is 38.3. The molecule has 1 fully saturated rings. The lowest BCUT2D eigenvalue weighted by Crippen LogP contribution is -2.54. The van der Waals surface area contributed by atoms with Crippen molar-refractivity contribution in [1.82, 2.24) is 5.32 Å². The maximum atomic E-state index is 13.2. The summed E-state index contributed by atoms with van der Waals surface area (Å²) in [6.45, 7) is 0.134. The van der Waals surface area contributed by atoms with Crippen LogP contribution < -0.4 is 15.0 Å². The summed E-state index contributed by atoms with van der Waals surface area (Å²) in [6, 6.07) is 12.6. The molecule has 0 aliphatic carbocycles. The third kappa shape index (κ3) is 5.00. The number of amides is 4. The second-order valence-electron chi connectivity index (χ2n) is 7.16. The van der Waals surface area contributed by atoms with E-state index in [1.54, 1.807) is 18.2 Å². The van der Waals surface area contributed by atoms with Crippen LogP contribution in [-0.2, 0) is 16.2 Å². The van der Waals surface area contributed by atoms with Gasteiger partial charge in [0.2, 0.25) is 0 Å². The minimum absolute atomic E-state index is 0.103. The van der Waals surface area contributed by atoms with E-state index in [1.165, 1.54) is 36.4 Å². The van der Waals surface area contributed by atoms with E-state index in [4.69, 9.17) is 16.3 Å². The molecule has 6 nitrogen and oxygen atoms in total. The van der Waals surface area contributed by atoms with Gasteiger partial charge in [0.15, 0.2) is 5.75 Å². The largest absolute Gasteiger partial charge is 0.486 e. The molecule has 1 aliphatic rings. The van der Waals surface area contributed by atoms with E-state index in [-0.39, 0.29) is 28.7 Å². The molecule has 0 spiro atoms. The molecule has 4 rings (SSSR count). The van der Waals surface area contributed by atoms with Crippen LogP contribution in [0.4, 0.5) is 19.3 Å². The van der Waals surface area contributed by atoms with Gasteiger partial charge < -0.3 is 4.74 Å². The minimum Gasteiger partial charge on any atom is -0.486 e. The Balaban J connectivity index is 1.60. The molecule has 0 unspecified atom stereocenters. The predicted molar refractivity (Wildman–Crippen MR) is 125 cm³/mol. The summed E-state index contributed by atoms with van der Waals surface area (Å²) in [5.74, 6) is -2.33. The topological polar surface area (TPSA) is 75.7 Å². The van der Waals surface area contributed by atoms with Gasteiger partial charge >= 0.3 is 6.03 Å². The molecule has 0 saturated carbocycles. The summed E-state index contributed by atoms with van der Waals surface area (Å²) in [6.07, 6.45) is 1.28. The minimum atomic E-state index is -0.942. The van der Waals surface area contributed by atoms with Crippen molar-refractivity contribution < 1.29 is 27.9 Å². The van der Waals surface area contributed by atoms with Gasteiger partial charge in [0.05, 0.1) is 15.2 Å². The van der Waals surface area contributed by atoms with E-state index in [0.717, 1.165) is 22.6 Å². The third-order valence-corrected chi connectivity index (χ3v) is 5.68. The first-order valence-electron chi connectivity index (χ1n) is 9.76. The Bertz CT molecular complexity index is 1300. The zero-order valence-corrected chi connectivity index (χ0v) is 19.5. The van der Waals surface area contributed by atoms with Crippen molar-refractivity contribution in [2.45, 2.75) is 6.61 Å². The average Bonchev–Trinajstić information content (AvgIpc) is 2.78. The number of nitrogens with zero attached hydrogens (tertiary/aromatic N) is 1. The van der Waals surface area contributed by atoms with Crippen LogP contribution in [0, 0.1) is 11.6 Å². The fourth-order valence-electron chi connectivity index (χ4n) is 3.19. The highest BCUT2D eigenvalue weighted by molar-refractivity contribution is 9.10. The van der Waals surface area contributed by atoms with E-state index in [9.17, 15) is 23.2 Å². The average molecular weight is 548 g/mol. The Morgan fingerprint density at radius 2 is 1.59 bits per heavy atom. The number of carbonyl (C=O) groups is 3. The molecule has 172 valence electrons. The zero-order valence-electron chi connectivity index (χ0n) is 17.2. The van der Waals surface area contributed by atoms with Crippen LogP contribution in [0.2, 0.25) is 5.02 Å². The molecule has 0 atom stereocenters. The maximum Gasteiger partial charge on any atom is 0.335 e. The number of imide groups is 2. The van der Waals surface area contributed by atoms with Crippen molar-refractivity contribution in [3.63, 3.8) is 0 Å². The highest BCUT2D eigenvalue weighted by atomic mass is 79.9. The quantitative estimate of drug-likeness (QED) is 0.332. The number of urea groups is 1. The van der Waals surface area contributed by atoms with E-state index in [1.807, 2.05) is 0 Å². The lowest BCUT2D eigenvalue weighted by Gasteiger charge is -2.26. The molecule has 4 amide bonds. The highest BCUT2D eigenvalue weighted by Gasteiger charge is 2.36. The van der Waals surface area contributed by atoms with Gasteiger partial charge in [-0.2, -0.15) is 0 Å². The highest BCUT2D eigenvalue weighted by Crippen LogP contribution is 2.36. The van der Waals surface area contributed by atoms with Crippen LogP contribution in [-0.4, -0.2) is 17.8 Å². The Morgan fingerprint density at radius 3 is 2.21 bits per heavy atom. The number of hydrogen-bond acceptors (Lipinski definition) is 4. The van der Waals surface area contributed by atoms with Crippen LogP contribution in [0.5, 0.6) is 5.75 Å². The van der Waals surface area contributed by atoms with E-state index >= 15 is 0 Å². The fourth-order valence-corrected chi connectivity index (χ4v) is 4.17. The molecular formula is C24H14BrClF2N2O4. The molecule has 3 aromatic rings. The zero-order chi connectivity index (χ0) is 24.4. The van der Waals surface area contributed by atoms with Gasteiger partial charge in [-0.3, -0.25) is 14.9 Å². The number of anilines is 1. The SMILES string of the molecule is O=C1NC(=O)N(c2ccc(F)cc2)C(=O)/C1=C/c1cc(Cl)c(OCc2ccc(F)cc2)c(Br)c1. The second kappa shape index (κ2) is 9.74. The van der Waals surface area contributed by atoms with Crippen LogP contribution in [0.15, 0.2) is 70.7 Å². The molecule has 0 radical (unpaired) electrons. The normalized spacial score (nSPS) is 15.0. The molecular weight excluding hydrogens is 534 g/mol. The van der Waals surface area contributed by atoms with Crippen LogP contribution in [0.25, 0.3) is 6.08 Å². The van der Waals surface area contributed by atoms with Crippen molar-refractivity contribution in [1.29, 1.82) is 0 Å². The molecule has 0 bridgehead atoms. The second-order valence-corrected chi connectivity index (χ2v) is 8.42. The van der Waals surface area contributed by atoms with Gasteiger partial charge in [0.1, 0.15) is 23.8 Å². The summed E-state index contributed by atoms with van der Waals surface area (Å²) in [5, 5.41) is 2.29. The van der Waals surface area contributed by atoms with Gasteiger partial charge in [-0.1, -0.05) is 23.7 Å². The lowest BCUT2D eigenvalue weighted by atomic mass is 10.1. The van der Waals surface area contributed by atoms with E-state index < -0.39 is 23.7 Å². The first kappa shape index (κ1) is 23.6. The Labute approximate surface area is 205 Å². The number of rotatable bonds is 5. The number of ether oxygens (including phenoxy) is 1. The Hall–Kier alpha value is -3.56. The van der Waals surface area contributed by atoms with Gasteiger partial charge in [-0.25, -0.2) is 18.5 Å². The van der Waals surface area contributed by atoms with Crippen molar-refractivity contribution in [3.05, 3.63) is 98.5 Å². The summed E-state index contributed by atoms with van der Waals surface area (Å²) in [5.41, 5.74) is 0.904. The van der Waals surface area contributed by atoms with Crippen molar-refractivity contribution in [2.24, 2.45) is 0 Å². The van der Waals surface area contributed by atoms with Crippen molar-refractivity contribution in [3.8, 4) is 5.75 Å². The lowest BCUT2D eigenvalue weighted by molar-refractivity contribution is -0.122. The summed E-state index contributed by atoms with van der Waals surface area (Å²) >= 11 is 9.71. The Kier molecular flexibility index (Phi) is 6.76. The maximum absolute atomic E-state index is 13.2. The Morgan fingerprint density at radius 1 is 0.971 bits per heavy atom. The van der Waals surface area contributed by atoms with Crippen LogP contribution in [0.1, 0.15) is 11.1 Å².